The number of rotatable bonds is 4. The van der Waals surface area contributed by atoms with Gasteiger partial charge in [0.2, 0.25) is 0 Å². The van der Waals surface area contributed by atoms with Crippen molar-refractivity contribution < 1.29 is 4.79 Å². The molecule has 0 saturated heterocycles. The summed E-state index contributed by atoms with van der Waals surface area (Å²) < 4.78 is 1.94. The van der Waals surface area contributed by atoms with Crippen LogP contribution >= 0.6 is 11.6 Å². The summed E-state index contributed by atoms with van der Waals surface area (Å²) in [7, 11) is 0. The van der Waals surface area contributed by atoms with Crippen molar-refractivity contribution in [2.24, 2.45) is 0 Å². The normalized spacial score (nSPS) is 14.6. The van der Waals surface area contributed by atoms with Crippen LogP contribution in [-0.2, 0) is 6.54 Å². The highest BCUT2D eigenvalue weighted by molar-refractivity contribution is 6.31. The zero-order valence-corrected chi connectivity index (χ0v) is 10.9. The van der Waals surface area contributed by atoms with Gasteiger partial charge >= 0.3 is 0 Å². The molecular weight excluding hydrogens is 266 g/mol. The van der Waals surface area contributed by atoms with E-state index in [1.54, 1.807) is 18.5 Å². The van der Waals surface area contributed by atoms with E-state index in [-0.39, 0.29) is 5.91 Å². The number of nitrogens with two attached hydrogens (primary N) is 1. The molecule has 1 amide bonds. The standard InChI is InChI=1S/C12H14ClN5O/c13-8-3-10(18(6-8)9-1-2-9)12(19)15-4-7-5-16-17-11(7)14/h3,5-6,9H,1-2,4H2,(H,15,19)(H3,14,16,17). The van der Waals surface area contributed by atoms with Gasteiger partial charge in [0.1, 0.15) is 11.5 Å². The number of halogens is 1. The minimum Gasteiger partial charge on any atom is -0.384 e. The van der Waals surface area contributed by atoms with E-state index in [1.165, 1.54) is 0 Å². The number of aromatic amines is 1. The molecule has 100 valence electrons. The molecule has 19 heavy (non-hydrogen) atoms. The minimum atomic E-state index is -0.153. The van der Waals surface area contributed by atoms with Crippen LogP contribution in [0, 0.1) is 0 Å². The zero-order valence-electron chi connectivity index (χ0n) is 10.2. The summed E-state index contributed by atoms with van der Waals surface area (Å²) in [5.41, 5.74) is 7.02. The Labute approximate surface area is 114 Å². The average molecular weight is 280 g/mol. The van der Waals surface area contributed by atoms with Crippen molar-refractivity contribution in [2.45, 2.75) is 25.4 Å². The maximum atomic E-state index is 12.2. The fourth-order valence-electron chi connectivity index (χ4n) is 2.01. The number of nitrogen functional groups attached to an aromatic ring is 1. The highest BCUT2D eigenvalue weighted by Crippen LogP contribution is 2.37. The minimum absolute atomic E-state index is 0.153. The SMILES string of the molecule is Nc1[nH]ncc1CNC(=O)c1cc(Cl)cn1C1CC1. The Morgan fingerprint density at radius 1 is 1.63 bits per heavy atom. The van der Waals surface area contributed by atoms with E-state index < -0.39 is 0 Å². The van der Waals surface area contributed by atoms with Crippen LogP contribution < -0.4 is 11.1 Å². The number of amides is 1. The van der Waals surface area contributed by atoms with E-state index >= 15 is 0 Å². The van der Waals surface area contributed by atoms with Crippen molar-refractivity contribution in [3.8, 4) is 0 Å². The maximum Gasteiger partial charge on any atom is 0.268 e. The van der Waals surface area contributed by atoms with Crippen molar-refractivity contribution in [3.63, 3.8) is 0 Å². The van der Waals surface area contributed by atoms with Crippen LogP contribution in [0.1, 0.15) is 34.9 Å². The second-order valence-electron chi connectivity index (χ2n) is 4.67. The molecule has 1 aliphatic rings. The molecule has 4 N–H and O–H groups in total. The smallest absolute Gasteiger partial charge is 0.268 e. The topological polar surface area (TPSA) is 88.7 Å². The van der Waals surface area contributed by atoms with Gasteiger partial charge in [-0.3, -0.25) is 9.89 Å². The quantitative estimate of drug-likeness (QED) is 0.796. The second-order valence-corrected chi connectivity index (χ2v) is 5.11. The molecule has 0 unspecified atom stereocenters. The van der Waals surface area contributed by atoms with Gasteiger partial charge < -0.3 is 15.6 Å². The van der Waals surface area contributed by atoms with Crippen LogP contribution in [0.4, 0.5) is 5.82 Å². The predicted molar refractivity (Wildman–Crippen MR) is 71.9 cm³/mol. The van der Waals surface area contributed by atoms with Gasteiger partial charge in [0, 0.05) is 24.3 Å². The number of H-pyrrole nitrogens is 1. The highest BCUT2D eigenvalue weighted by atomic mass is 35.5. The van der Waals surface area contributed by atoms with Crippen LogP contribution in [0.5, 0.6) is 0 Å². The fourth-order valence-corrected chi connectivity index (χ4v) is 2.22. The number of carbonyl (C=O) groups excluding carboxylic acids is 1. The Morgan fingerprint density at radius 3 is 3.05 bits per heavy atom. The summed E-state index contributed by atoms with van der Waals surface area (Å²) in [6.07, 6.45) is 5.60. The number of hydrogen-bond donors (Lipinski definition) is 3. The molecule has 7 heteroatoms. The monoisotopic (exact) mass is 279 g/mol. The predicted octanol–water partition coefficient (Wildman–Crippen LogP) is 1.71. The lowest BCUT2D eigenvalue weighted by atomic mass is 10.3. The highest BCUT2D eigenvalue weighted by Gasteiger charge is 2.27. The number of carbonyl (C=O) groups is 1. The molecule has 2 heterocycles. The lowest BCUT2D eigenvalue weighted by Crippen LogP contribution is -2.25. The van der Waals surface area contributed by atoms with E-state index in [1.807, 2.05) is 4.57 Å². The van der Waals surface area contributed by atoms with Gasteiger partial charge in [-0.05, 0) is 18.9 Å². The van der Waals surface area contributed by atoms with Crippen molar-refractivity contribution in [3.05, 3.63) is 34.7 Å². The van der Waals surface area contributed by atoms with Crippen molar-refractivity contribution in [2.75, 3.05) is 5.73 Å². The van der Waals surface area contributed by atoms with Crippen molar-refractivity contribution in [1.82, 2.24) is 20.1 Å². The number of aromatic nitrogens is 3. The molecule has 0 radical (unpaired) electrons. The first kappa shape index (κ1) is 12.1. The van der Waals surface area contributed by atoms with Gasteiger partial charge in [0.25, 0.3) is 5.91 Å². The van der Waals surface area contributed by atoms with Crippen LogP contribution in [0.3, 0.4) is 0 Å². The van der Waals surface area contributed by atoms with Gasteiger partial charge in [-0.2, -0.15) is 5.10 Å². The zero-order chi connectivity index (χ0) is 13.4. The average Bonchev–Trinajstić information content (AvgIpc) is 3.04. The molecule has 0 aliphatic heterocycles. The Morgan fingerprint density at radius 2 is 2.42 bits per heavy atom. The summed E-state index contributed by atoms with van der Waals surface area (Å²) in [4.78, 5) is 12.2. The molecule has 0 atom stereocenters. The Kier molecular flexibility index (Phi) is 2.94. The van der Waals surface area contributed by atoms with Crippen LogP contribution in [-0.4, -0.2) is 20.7 Å². The molecule has 0 bridgehead atoms. The Bertz CT molecular complexity index is 613. The molecule has 3 rings (SSSR count). The summed E-state index contributed by atoms with van der Waals surface area (Å²) >= 11 is 5.97. The van der Waals surface area contributed by atoms with Gasteiger partial charge in [-0.15, -0.1) is 0 Å². The molecule has 0 spiro atoms. The molecular formula is C12H14ClN5O. The first-order chi connectivity index (χ1) is 9.15. The van der Waals surface area contributed by atoms with E-state index in [0.717, 1.165) is 18.4 Å². The largest absolute Gasteiger partial charge is 0.384 e. The summed E-state index contributed by atoms with van der Waals surface area (Å²) in [5.74, 6) is 0.315. The van der Waals surface area contributed by atoms with Gasteiger partial charge in [0.15, 0.2) is 0 Å². The van der Waals surface area contributed by atoms with Crippen molar-refractivity contribution >= 4 is 23.3 Å². The molecule has 0 aromatic carbocycles. The first-order valence-electron chi connectivity index (χ1n) is 6.08. The van der Waals surface area contributed by atoms with E-state index in [4.69, 9.17) is 17.3 Å². The molecule has 1 saturated carbocycles. The van der Waals surface area contributed by atoms with Crippen LogP contribution in [0.15, 0.2) is 18.5 Å². The van der Waals surface area contributed by atoms with Crippen LogP contribution in [0.25, 0.3) is 0 Å². The lowest BCUT2D eigenvalue weighted by Gasteiger charge is -2.08. The Hall–Kier alpha value is -1.95. The summed E-state index contributed by atoms with van der Waals surface area (Å²) in [6, 6.07) is 2.10. The van der Waals surface area contributed by atoms with E-state index in [9.17, 15) is 4.79 Å². The third-order valence-corrected chi connectivity index (χ3v) is 3.39. The van der Waals surface area contributed by atoms with Gasteiger partial charge in [0.05, 0.1) is 11.2 Å². The van der Waals surface area contributed by atoms with E-state index in [2.05, 4.69) is 15.5 Å². The summed E-state index contributed by atoms with van der Waals surface area (Å²) in [6.45, 7) is 0.342. The van der Waals surface area contributed by atoms with E-state index in [0.29, 0.717) is 29.1 Å². The third kappa shape index (κ3) is 2.44. The third-order valence-electron chi connectivity index (χ3n) is 3.18. The Balaban J connectivity index is 1.72. The summed E-state index contributed by atoms with van der Waals surface area (Å²) in [5, 5.41) is 9.83. The number of anilines is 1. The number of hydrogen-bond acceptors (Lipinski definition) is 3. The molecule has 6 nitrogen and oxygen atoms in total. The molecule has 2 aromatic heterocycles. The second kappa shape index (κ2) is 4.62. The maximum absolute atomic E-state index is 12.2. The molecule has 2 aromatic rings. The van der Waals surface area contributed by atoms with Crippen LogP contribution in [0.2, 0.25) is 5.02 Å². The first-order valence-corrected chi connectivity index (χ1v) is 6.46. The van der Waals surface area contributed by atoms with Gasteiger partial charge in [-0.25, -0.2) is 0 Å². The van der Waals surface area contributed by atoms with Crippen molar-refractivity contribution in [1.29, 1.82) is 0 Å². The van der Waals surface area contributed by atoms with Gasteiger partial charge in [-0.1, -0.05) is 11.6 Å². The molecule has 1 fully saturated rings. The number of nitrogens with one attached hydrogen (secondary N) is 2. The number of nitrogens with zero attached hydrogens (tertiary/aromatic N) is 2. The fraction of sp³-hybridized carbons (Fsp3) is 0.333. The molecule has 1 aliphatic carbocycles. The lowest BCUT2D eigenvalue weighted by molar-refractivity contribution is 0.0941.